The van der Waals surface area contributed by atoms with E-state index in [1.165, 1.54) is 5.56 Å². The fourth-order valence-electron chi connectivity index (χ4n) is 4.27. The van der Waals surface area contributed by atoms with Gasteiger partial charge in [0.15, 0.2) is 0 Å². The van der Waals surface area contributed by atoms with Crippen LogP contribution >= 0.6 is 0 Å². The minimum absolute atomic E-state index is 0.436. The number of fused-ring (bicyclic) bond motifs is 7. The maximum absolute atomic E-state index is 10.5. The monoisotopic (exact) mass is 426 g/mol. The number of benzene rings is 2. The van der Waals surface area contributed by atoms with Crippen molar-refractivity contribution in [1.82, 2.24) is 0 Å². The molecular formula is C25H30O6. The molecule has 0 aromatic heterocycles. The third kappa shape index (κ3) is 5.00. The molecule has 0 aliphatic carbocycles. The van der Waals surface area contributed by atoms with Gasteiger partial charge in [-0.2, -0.15) is 0 Å². The van der Waals surface area contributed by atoms with E-state index in [0.717, 1.165) is 48.1 Å². The molecule has 6 heteroatoms. The summed E-state index contributed by atoms with van der Waals surface area (Å²) >= 11 is 0. The van der Waals surface area contributed by atoms with Gasteiger partial charge in [0, 0.05) is 0 Å². The predicted octanol–water partition coefficient (Wildman–Crippen LogP) is 2.06. The average Bonchev–Trinajstić information content (AvgIpc) is 2.79. The van der Waals surface area contributed by atoms with Gasteiger partial charge in [-0.1, -0.05) is 42.5 Å². The molecule has 5 rings (SSSR count). The molecule has 3 aliphatic rings. The first-order valence-corrected chi connectivity index (χ1v) is 10.9. The summed E-state index contributed by atoms with van der Waals surface area (Å²) in [5.74, 6) is 0.834. The Morgan fingerprint density at radius 1 is 0.871 bits per heavy atom. The highest BCUT2D eigenvalue weighted by Crippen LogP contribution is 2.34. The highest BCUT2D eigenvalue weighted by molar-refractivity contribution is 5.39. The van der Waals surface area contributed by atoms with Crippen LogP contribution in [0, 0.1) is 0 Å². The fraction of sp³-hybridized carbons (Fsp3) is 0.440. The molecule has 0 saturated carbocycles. The van der Waals surface area contributed by atoms with Crippen molar-refractivity contribution in [2.24, 2.45) is 0 Å². The summed E-state index contributed by atoms with van der Waals surface area (Å²) in [4.78, 5) is 0. The second-order valence-electron chi connectivity index (χ2n) is 8.27. The summed E-state index contributed by atoms with van der Waals surface area (Å²) < 4.78 is 11.5. The van der Waals surface area contributed by atoms with Gasteiger partial charge in [0.2, 0.25) is 0 Å². The second kappa shape index (κ2) is 9.94. The van der Waals surface area contributed by atoms with Gasteiger partial charge in [0.1, 0.15) is 42.9 Å². The SMILES string of the molecule is OC[C@H]1O[C@@H](c2ccc3c(c2)Cc2ccc(cc2)OC/C=C/CCC3)[C@H](O)[C@@H](O)[C@@H]1O. The highest BCUT2D eigenvalue weighted by Gasteiger charge is 2.44. The summed E-state index contributed by atoms with van der Waals surface area (Å²) in [7, 11) is 0. The molecule has 2 aromatic rings. The molecule has 3 aliphatic heterocycles. The van der Waals surface area contributed by atoms with Crippen LogP contribution in [0.3, 0.4) is 0 Å². The van der Waals surface area contributed by atoms with Crippen LogP contribution in [-0.2, 0) is 17.6 Å². The Morgan fingerprint density at radius 3 is 2.45 bits per heavy atom. The summed E-state index contributed by atoms with van der Waals surface area (Å²) in [5.41, 5.74) is 4.23. The lowest BCUT2D eigenvalue weighted by Crippen LogP contribution is -2.55. The second-order valence-corrected chi connectivity index (χ2v) is 8.27. The van der Waals surface area contributed by atoms with Gasteiger partial charge in [-0.15, -0.1) is 0 Å². The zero-order valence-corrected chi connectivity index (χ0v) is 17.4. The van der Waals surface area contributed by atoms with E-state index in [2.05, 4.69) is 24.3 Å². The van der Waals surface area contributed by atoms with Crippen molar-refractivity contribution >= 4 is 0 Å². The Bertz CT molecular complexity index is 891. The van der Waals surface area contributed by atoms with Crippen LogP contribution < -0.4 is 4.74 Å². The van der Waals surface area contributed by atoms with Crippen molar-refractivity contribution in [3.05, 3.63) is 76.9 Å². The van der Waals surface area contributed by atoms with E-state index in [0.29, 0.717) is 6.61 Å². The Kier molecular flexibility index (Phi) is 7.05. The topological polar surface area (TPSA) is 99.4 Å². The number of rotatable bonds is 2. The van der Waals surface area contributed by atoms with Gasteiger partial charge >= 0.3 is 0 Å². The first-order chi connectivity index (χ1) is 15.1. The summed E-state index contributed by atoms with van der Waals surface area (Å²) in [5, 5.41) is 40.3. The zero-order chi connectivity index (χ0) is 21.8. The third-order valence-electron chi connectivity index (χ3n) is 6.10. The van der Waals surface area contributed by atoms with Gasteiger partial charge in [-0.25, -0.2) is 0 Å². The molecule has 2 aromatic carbocycles. The Balaban J connectivity index is 1.65. The van der Waals surface area contributed by atoms with E-state index in [9.17, 15) is 20.4 Å². The van der Waals surface area contributed by atoms with Crippen molar-refractivity contribution in [1.29, 1.82) is 0 Å². The van der Waals surface area contributed by atoms with E-state index in [1.54, 1.807) is 0 Å². The standard InChI is InChI=1S/C25H30O6/c26-15-21-22(27)23(28)24(29)25(31-21)18-9-8-17-5-3-1-2-4-12-30-20-10-6-16(7-11-20)13-19(17)14-18/h2,4,6-11,14,21-29H,1,3,5,12-13,15H2/b4-2+/t21-,22-,23+,24-,25+/m1/s1. The van der Waals surface area contributed by atoms with Crippen molar-refractivity contribution in [3.8, 4) is 5.75 Å². The summed E-state index contributed by atoms with van der Waals surface area (Å²) in [6, 6.07) is 14.0. The van der Waals surface area contributed by atoms with Crippen LogP contribution in [0.5, 0.6) is 5.75 Å². The number of ether oxygens (including phenoxy) is 2. The minimum Gasteiger partial charge on any atom is -0.490 e. The lowest BCUT2D eigenvalue weighted by Gasteiger charge is -2.40. The number of allylic oxidation sites excluding steroid dienone is 1. The van der Waals surface area contributed by atoms with E-state index in [1.807, 2.05) is 30.3 Å². The van der Waals surface area contributed by atoms with Crippen LogP contribution in [0.15, 0.2) is 54.6 Å². The van der Waals surface area contributed by atoms with Gasteiger partial charge < -0.3 is 29.9 Å². The molecule has 4 N–H and O–H groups in total. The van der Waals surface area contributed by atoms with Crippen LogP contribution in [0.4, 0.5) is 0 Å². The lowest BCUT2D eigenvalue weighted by molar-refractivity contribution is -0.231. The first-order valence-electron chi connectivity index (χ1n) is 10.9. The van der Waals surface area contributed by atoms with Crippen molar-refractivity contribution in [3.63, 3.8) is 0 Å². The molecule has 5 atom stereocenters. The van der Waals surface area contributed by atoms with Crippen molar-refractivity contribution in [2.45, 2.75) is 56.2 Å². The quantitative estimate of drug-likeness (QED) is 0.549. The molecule has 2 bridgehead atoms. The van der Waals surface area contributed by atoms with Crippen LogP contribution in [0.2, 0.25) is 0 Å². The first kappa shape index (κ1) is 22.0. The molecular weight excluding hydrogens is 396 g/mol. The predicted molar refractivity (Wildman–Crippen MR) is 116 cm³/mol. The molecule has 166 valence electrons. The molecule has 31 heavy (non-hydrogen) atoms. The largest absolute Gasteiger partial charge is 0.490 e. The highest BCUT2D eigenvalue weighted by atomic mass is 16.5. The fourth-order valence-corrected chi connectivity index (χ4v) is 4.27. The minimum atomic E-state index is -1.39. The van der Waals surface area contributed by atoms with Gasteiger partial charge in [-0.3, -0.25) is 0 Å². The van der Waals surface area contributed by atoms with Crippen LogP contribution in [-0.4, -0.2) is 58.1 Å². The zero-order valence-electron chi connectivity index (χ0n) is 17.4. The van der Waals surface area contributed by atoms with Crippen LogP contribution in [0.1, 0.15) is 41.2 Å². The smallest absolute Gasteiger partial charge is 0.119 e. The molecule has 1 saturated heterocycles. The number of aliphatic hydroxyl groups excluding tert-OH is 4. The Morgan fingerprint density at radius 2 is 1.68 bits per heavy atom. The molecule has 0 amide bonds. The van der Waals surface area contributed by atoms with Gasteiger partial charge in [-0.05, 0) is 60.1 Å². The number of aliphatic hydroxyl groups is 4. The molecule has 0 radical (unpaired) electrons. The Hall–Kier alpha value is -2.22. The van der Waals surface area contributed by atoms with Crippen molar-refractivity contribution in [2.75, 3.05) is 13.2 Å². The van der Waals surface area contributed by atoms with Gasteiger partial charge in [0.25, 0.3) is 0 Å². The molecule has 0 spiro atoms. The number of hydrogen-bond acceptors (Lipinski definition) is 6. The van der Waals surface area contributed by atoms with E-state index in [4.69, 9.17) is 9.47 Å². The number of hydrogen-bond donors (Lipinski definition) is 4. The lowest BCUT2D eigenvalue weighted by atomic mass is 9.88. The van der Waals surface area contributed by atoms with Crippen LogP contribution in [0.25, 0.3) is 0 Å². The normalized spacial score (nSPS) is 30.1. The van der Waals surface area contributed by atoms with Gasteiger partial charge in [0.05, 0.1) is 6.61 Å². The third-order valence-corrected chi connectivity index (χ3v) is 6.10. The summed E-state index contributed by atoms with van der Waals surface area (Å²) in [6.45, 7) is 0.132. The molecule has 1 fully saturated rings. The van der Waals surface area contributed by atoms with E-state index in [-0.39, 0.29) is 0 Å². The van der Waals surface area contributed by atoms with E-state index >= 15 is 0 Å². The number of aryl methyl sites for hydroxylation is 1. The summed E-state index contributed by atoms with van der Waals surface area (Å²) in [6.07, 6.45) is 2.04. The average molecular weight is 427 g/mol. The molecule has 6 nitrogen and oxygen atoms in total. The Labute approximate surface area is 182 Å². The van der Waals surface area contributed by atoms with Crippen molar-refractivity contribution < 1.29 is 29.9 Å². The van der Waals surface area contributed by atoms with E-state index < -0.39 is 37.1 Å². The molecule has 3 heterocycles. The maximum Gasteiger partial charge on any atom is 0.119 e. The molecule has 0 unspecified atom stereocenters. The maximum atomic E-state index is 10.5.